The third kappa shape index (κ3) is 16.1. The van der Waals surface area contributed by atoms with Gasteiger partial charge in [0.2, 0.25) is 5.91 Å². The molecule has 0 bridgehead atoms. The highest BCUT2D eigenvalue weighted by Crippen LogP contribution is 1.95. The van der Waals surface area contributed by atoms with Gasteiger partial charge in [0.1, 0.15) is 0 Å². The summed E-state index contributed by atoms with van der Waals surface area (Å²) in [5.74, 6) is 1.58. The molecule has 0 atom stereocenters. The van der Waals surface area contributed by atoms with Crippen LogP contribution in [0.1, 0.15) is 53.4 Å². The molecule has 3 nitrogen and oxygen atoms in total. The van der Waals surface area contributed by atoms with Gasteiger partial charge < -0.3 is 5.73 Å². The number of hydrogen-bond donors (Lipinski definition) is 1. The molecule has 0 fully saturated rings. The number of carbonyl (C=O) groups excluding carboxylic acids is 1. The number of rotatable bonds is 7. The first kappa shape index (κ1) is 18.0. The molecule has 4 heteroatoms. The standard InChI is InChI=1S/C8H18OS.C4H9NO/c1-3-5-7-10(9)8-6-4-2;1-3(2)4(5)6/h3-8H2,1-2H3;3H,1-2H3,(H2,5,6). The van der Waals surface area contributed by atoms with E-state index < -0.39 is 10.8 Å². The number of amides is 1. The van der Waals surface area contributed by atoms with E-state index in [2.05, 4.69) is 13.8 Å². The van der Waals surface area contributed by atoms with E-state index in [0.717, 1.165) is 37.2 Å². The maximum absolute atomic E-state index is 11.1. The lowest BCUT2D eigenvalue weighted by Crippen LogP contribution is -2.17. The van der Waals surface area contributed by atoms with Gasteiger partial charge in [0.05, 0.1) is 0 Å². The fraction of sp³-hybridized carbons (Fsp3) is 0.917. The van der Waals surface area contributed by atoms with E-state index in [1.807, 2.05) is 0 Å². The lowest BCUT2D eigenvalue weighted by Gasteiger charge is -1.97. The van der Waals surface area contributed by atoms with Crippen LogP contribution in [-0.4, -0.2) is 21.6 Å². The van der Waals surface area contributed by atoms with Crippen molar-refractivity contribution in [3.05, 3.63) is 0 Å². The topological polar surface area (TPSA) is 60.2 Å². The largest absolute Gasteiger partial charge is 0.369 e. The van der Waals surface area contributed by atoms with Gasteiger partial charge >= 0.3 is 0 Å². The zero-order valence-electron chi connectivity index (χ0n) is 11.1. The van der Waals surface area contributed by atoms with Crippen molar-refractivity contribution in [3.8, 4) is 0 Å². The number of nitrogens with two attached hydrogens (primary N) is 1. The summed E-state index contributed by atoms with van der Waals surface area (Å²) in [5, 5.41) is 0. The van der Waals surface area contributed by atoms with Crippen LogP contribution in [0.5, 0.6) is 0 Å². The minimum absolute atomic E-state index is 0.00926. The monoisotopic (exact) mass is 249 g/mol. The van der Waals surface area contributed by atoms with Crippen molar-refractivity contribution in [3.63, 3.8) is 0 Å². The SMILES string of the molecule is CC(C)C(N)=O.CCCCS(=O)CCCC. The van der Waals surface area contributed by atoms with Crippen molar-refractivity contribution in [2.24, 2.45) is 11.7 Å². The lowest BCUT2D eigenvalue weighted by atomic mass is 10.2. The Balaban J connectivity index is 0. The molecule has 0 saturated heterocycles. The van der Waals surface area contributed by atoms with E-state index in [4.69, 9.17) is 5.73 Å². The first-order valence-corrected chi connectivity index (χ1v) is 7.58. The first-order valence-electron chi connectivity index (χ1n) is 6.09. The van der Waals surface area contributed by atoms with Gasteiger partial charge in [0.25, 0.3) is 0 Å². The van der Waals surface area contributed by atoms with Crippen LogP contribution in [0.3, 0.4) is 0 Å². The minimum atomic E-state index is -0.520. The van der Waals surface area contributed by atoms with Crippen LogP contribution < -0.4 is 5.73 Å². The van der Waals surface area contributed by atoms with Gasteiger partial charge in [-0.25, -0.2) is 0 Å². The van der Waals surface area contributed by atoms with E-state index in [0.29, 0.717) is 0 Å². The van der Waals surface area contributed by atoms with E-state index >= 15 is 0 Å². The molecular formula is C12H27NO2S. The fourth-order valence-corrected chi connectivity index (χ4v) is 2.14. The van der Waals surface area contributed by atoms with Crippen molar-refractivity contribution >= 4 is 16.7 Å². The summed E-state index contributed by atoms with van der Waals surface area (Å²) in [4.78, 5) is 9.92. The summed E-state index contributed by atoms with van der Waals surface area (Å²) in [6.07, 6.45) is 4.57. The van der Waals surface area contributed by atoms with Gasteiger partial charge in [-0.2, -0.15) is 0 Å². The first-order chi connectivity index (χ1) is 7.45. The summed E-state index contributed by atoms with van der Waals surface area (Å²) >= 11 is 0. The second-order valence-corrected chi connectivity index (χ2v) is 5.81. The summed E-state index contributed by atoms with van der Waals surface area (Å²) in [6.45, 7) is 7.80. The highest BCUT2D eigenvalue weighted by molar-refractivity contribution is 7.84. The Labute approximate surface area is 103 Å². The van der Waals surface area contributed by atoms with E-state index in [1.165, 1.54) is 0 Å². The molecule has 0 radical (unpaired) electrons. The molecule has 0 aliphatic rings. The summed E-state index contributed by atoms with van der Waals surface area (Å²) < 4.78 is 11.1. The van der Waals surface area contributed by atoms with Crippen LogP contribution in [0.25, 0.3) is 0 Å². The molecule has 16 heavy (non-hydrogen) atoms. The van der Waals surface area contributed by atoms with Crippen LogP contribution in [0.4, 0.5) is 0 Å². The Hall–Kier alpha value is -0.380. The minimum Gasteiger partial charge on any atom is -0.369 e. The molecule has 1 amide bonds. The van der Waals surface area contributed by atoms with Gasteiger partial charge in [-0.05, 0) is 12.8 Å². The number of carbonyl (C=O) groups is 1. The molecule has 0 heterocycles. The smallest absolute Gasteiger partial charge is 0.219 e. The average Bonchev–Trinajstić information content (AvgIpc) is 2.24. The van der Waals surface area contributed by atoms with Gasteiger partial charge in [-0.1, -0.05) is 40.5 Å². The van der Waals surface area contributed by atoms with Crippen molar-refractivity contribution in [1.82, 2.24) is 0 Å². The maximum Gasteiger partial charge on any atom is 0.219 e. The highest BCUT2D eigenvalue weighted by atomic mass is 32.2. The molecule has 0 aromatic heterocycles. The number of unbranched alkanes of at least 4 members (excludes halogenated alkanes) is 2. The molecule has 0 aromatic carbocycles. The Bertz CT molecular complexity index is 183. The van der Waals surface area contributed by atoms with Gasteiger partial charge in [0.15, 0.2) is 0 Å². The molecule has 0 spiro atoms. The van der Waals surface area contributed by atoms with E-state index in [9.17, 15) is 9.00 Å². The molecule has 0 rings (SSSR count). The van der Waals surface area contributed by atoms with Crippen LogP contribution in [-0.2, 0) is 15.6 Å². The molecule has 0 aromatic rings. The Morgan fingerprint density at radius 1 is 1.12 bits per heavy atom. The fourth-order valence-electron chi connectivity index (χ4n) is 0.713. The normalized spacial score (nSPS) is 10.1. The Kier molecular flexibility index (Phi) is 14.3. The van der Waals surface area contributed by atoms with Crippen molar-refractivity contribution in [2.45, 2.75) is 53.4 Å². The second-order valence-electron chi connectivity index (χ2n) is 4.11. The van der Waals surface area contributed by atoms with Gasteiger partial charge in [0, 0.05) is 28.2 Å². The average molecular weight is 249 g/mol. The summed E-state index contributed by atoms with van der Waals surface area (Å²) in [7, 11) is -0.520. The van der Waals surface area contributed by atoms with Gasteiger partial charge in [-0.15, -0.1) is 0 Å². The number of hydrogen-bond acceptors (Lipinski definition) is 2. The maximum atomic E-state index is 11.1. The van der Waals surface area contributed by atoms with Crippen molar-refractivity contribution < 1.29 is 9.00 Å². The molecule has 0 saturated carbocycles. The third-order valence-electron chi connectivity index (χ3n) is 2.02. The predicted molar refractivity (Wildman–Crippen MR) is 71.7 cm³/mol. The number of primary amides is 1. The zero-order valence-corrected chi connectivity index (χ0v) is 11.9. The quantitative estimate of drug-likeness (QED) is 0.753. The Morgan fingerprint density at radius 3 is 1.62 bits per heavy atom. The zero-order chi connectivity index (χ0) is 13.0. The molecular weight excluding hydrogens is 222 g/mol. The molecule has 0 unspecified atom stereocenters. The highest BCUT2D eigenvalue weighted by Gasteiger charge is 1.96. The molecule has 0 aliphatic heterocycles. The van der Waals surface area contributed by atoms with Crippen LogP contribution in [0, 0.1) is 5.92 Å². The van der Waals surface area contributed by atoms with Crippen LogP contribution >= 0.6 is 0 Å². The predicted octanol–water partition coefficient (Wildman–Crippen LogP) is 2.46. The van der Waals surface area contributed by atoms with Crippen molar-refractivity contribution in [2.75, 3.05) is 11.5 Å². The summed E-state index contributed by atoms with van der Waals surface area (Å²) in [6, 6.07) is 0. The Morgan fingerprint density at radius 2 is 1.44 bits per heavy atom. The second kappa shape index (κ2) is 12.7. The summed E-state index contributed by atoms with van der Waals surface area (Å²) in [5.41, 5.74) is 4.80. The van der Waals surface area contributed by atoms with Crippen molar-refractivity contribution in [1.29, 1.82) is 0 Å². The molecule has 98 valence electrons. The molecule has 2 N–H and O–H groups in total. The lowest BCUT2D eigenvalue weighted by molar-refractivity contribution is -0.120. The van der Waals surface area contributed by atoms with Crippen LogP contribution in [0.2, 0.25) is 0 Å². The van der Waals surface area contributed by atoms with Crippen LogP contribution in [0.15, 0.2) is 0 Å². The van der Waals surface area contributed by atoms with Gasteiger partial charge in [-0.3, -0.25) is 9.00 Å². The van der Waals surface area contributed by atoms with E-state index in [-0.39, 0.29) is 11.8 Å². The molecule has 0 aliphatic carbocycles. The third-order valence-corrected chi connectivity index (χ3v) is 3.51. The van der Waals surface area contributed by atoms with E-state index in [1.54, 1.807) is 13.8 Å².